The summed E-state index contributed by atoms with van der Waals surface area (Å²) in [6.45, 7) is 3.78. The maximum atomic E-state index is 9.95. The van der Waals surface area contributed by atoms with Gasteiger partial charge >= 0.3 is 0 Å². The van der Waals surface area contributed by atoms with Gasteiger partial charge in [0.15, 0.2) is 0 Å². The van der Waals surface area contributed by atoms with E-state index < -0.39 is 11.7 Å². The maximum absolute atomic E-state index is 9.95. The fourth-order valence-electron chi connectivity index (χ4n) is 1.39. The van der Waals surface area contributed by atoms with Crippen LogP contribution >= 0.6 is 0 Å². The summed E-state index contributed by atoms with van der Waals surface area (Å²) in [7, 11) is 1.62. The van der Waals surface area contributed by atoms with Crippen LogP contribution in [0.4, 0.5) is 0 Å². The molecule has 0 aromatic heterocycles. The molecule has 0 spiro atoms. The Morgan fingerprint density at radius 1 is 1.39 bits per heavy atom. The van der Waals surface area contributed by atoms with Crippen LogP contribution in [0.25, 0.3) is 0 Å². The molecule has 0 aliphatic heterocycles. The van der Waals surface area contributed by atoms with Gasteiger partial charge in [-0.15, -0.1) is 12.3 Å². The molecule has 0 saturated carbocycles. The fraction of sp³-hybridized carbons (Fsp3) is 0.375. The average Bonchev–Trinajstić information content (AvgIpc) is 2.37. The van der Waals surface area contributed by atoms with Gasteiger partial charge in [-0.2, -0.15) is 0 Å². The third-order valence-electron chi connectivity index (χ3n) is 2.64. The van der Waals surface area contributed by atoms with Crippen molar-refractivity contribution >= 4 is 0 Å². The molecule has 1 atom stereocenters. The first kappa shape index (κ1) is 14.3. The van der Waals surface area contributed by atoms with Crippen molar-refractivity contribution in [3.8, 4) is 24.2 Å². The molecule has 1 rings (SSSR count). The Labute approximate surface area is 109 Å². The van der Waals surface area contributed by atoms with Gasteiger partial charge in [0.2, 0.25) is 0 Å². The predicted octanol–water partition coefficient (Wildman–Crippen LogP) is 2.52. The van der Waals surface area contributed by atoms with E-state index >= 15 is 0 Å². The Balaban J connectivity index is 3.07. The second-order valence-electron chi connectivity index (χ2n) is 4.48. The van der Waals surface area contributed by atoms with Crippen LogP contribution in [0, 0.1) is 24.2 Å². The quantitative estimate of drug-likeness (QED) is 0.825. The van der Waals surface area contributed by atoms with Crippen molar-refractivity contribution in [1.29, 1.82) is 0 Å². The molecular weight excluding hydrogens is 224 g/mol. The molecule has 0 heterocycles. The van der Waals surface area contributed by atoms with Gasteiger partial charge in [-0.05, 0) is 25.5 Å². The van der Waals surface area contributed by atoms with Crippen LogP contribution in [-0.2, 0) is 4.74 Å². The molecule has 2 heteroatoms. The predicted molar refractivity (Wildman–Crippen MR) is 72.8 cm³/mol. The molecule has 0 aliphatic carbocycles. The van der Waals surface area contributed by atoms with Crippen molar-refractivity contribution in [2.45, 2.75) is 32.0 Å². The third-order valence-corrected chi connectivity index (χ3v) is 2.64. The number of methoxy groups -OCH3 is 1. The van der Waals surface area contributed by atoms with Crippen LogP contribution in [0.15, 0.2) is 24.3 Å². The van der Waals surface area contributed by atoms with E-state index in [0.717, 1.165) is 11.1 Å². The minimum Gasteiger partial charge on any atom is -0.387 e. The number of rotatable bonds is 3. The molecule has 0 saturated heterocycles. The number of benzene rings is 1. The number of aliphatic hydroxyl groups excluding tert-OH is 1. The minimum atomic E-state index is -0.675. The van der Waals surface area contributed by atoms with E-state index in [1.807, 2.05) is 38.1 Å². The largest absolute Gasteiger partial charge is 0.387 e. The number of ether oxygens (including phenoxy) is 1. The topological polar surface area (TPSA) is 29.5 Å². The Morgan fingerprint density at radius 2 is 2.06 bits per heavy atom. The number of aliphatic hydroxyl groups is 1. The standard InChI is InChI=1S/C16H18O2/c1-5-8-15(17)14-10-7-6-9-13(14)11-12-16(2,3)18-4/h1,6-7,9-10,15,17H,8H2,2-4H3. The first-order chi connectivity index (χ1) is 8.50. The molecule has 94 valence electrons. The summed E-state index contributed by atoms with van der Waals surface area (Å²) < 4.78 is 5.24. The summed E-state index contributed by atoms with van der Waals surface area (Å²) in [6, 6.07) is 7.46. The van der Waals surface area contributed by atoms with Crippen LogP contribution in [0.1, 0.15) is 37.5 Å². The summed E-state index contributed by atoms with van der Waals surface area (Å²) in [4.78, 5) is 0. The molecule has 1 unspecified atom stereocenters. The summed E-state index contributed by atoms with van der Waals surface area (Å²) >= 11 is 0. The molecule has 18 heavy (non-hydrogen) atoms. The van der Waals surface area contributed by atoms with Crippen molar-refractivity contribution in [3.63, 3.8) is 0 Å². The highest BCUT2D eigenvalue weighted by Crippen LogP contribution is 2.20. The van der Waals surface area contributed by atoms with Crippen LogP contribution in [0.2, 0.25) is 0 Å². The van der Waals surface area contributed by atoms with E-state index in [2.05, 4.69) is 17.8 Å². The van der Waals surface area contributed by atoms with Crippen molar-refractivity contribution in [2.24, 2.45) is 0 Å². The molecule has 0 radical (unpaired) electrons. The Morgan fingerprint density at radius 3 is 2.67 bits per heavy atom. The summed E-state index contributed by atoms with van der Waals surface area (Å²) in [5.41, 5.74) is 1.03. The summed E-state index contributed by atoms with van der Waals surface area (Å²) in [6.07, 6.45) is 4.82. The van der Waals surface area contributed by atoms with E-state index in [0.29, 0.717) is 0 Å². The van der Waals surface area contributed by atoms with Gasteiger partial charge in [0.25, 0.3) is 0 Å². The van der Waals surface area contributed by atoms with Gasteiger partial charge in [0.05, 0.1) is 6.10 Å². The molecule has 0 bridgehead atoms. The molecule has 2 nitrogen and oxygen atoms in total. The van der Waals surface area contributed by atoms with E-state index in [4.69, 9.17) is 11.2 Å². The molecular formula is C16H18O2. The lowest BCUT2D eigenvalue weighted by atomic mass is 10.00. The first-order valence-electron chi connectivity index (χ1n) is 5.79. The second kappa shape index (κ2) is 6.26. The van der Waals surface area contributed by atoms with Gasteiger partial charge < -0.3 is 9.84 Å². The normalized spacial score (nSPS) is 12.2. The second-order valence-corrected chi connectivity index (χ2v) is 4.48. The highest BCUT2D eigenvalue weighted by molar-refractivity contribution is 5.43. The lowest BCUT2D eigenvalue weighted by molar-refractivity contribution is 0.0741. The molecule has 0 aliphatic rings. The number of terminal acetylenes is 1. The highest BCUT2D eigenvalue weighted by atomic mass is 16.5. The lowest BCUT2D eigenvalue weighted by Crippen LogP contribution is -2.19. The van der Waals surface area contributed by atoms with Crippen molar-refractivity contribution < 1.29 is 9.84 Å². The zero-order chi connectivity index (χ0) is 13.6. The maximum Gasteiger partial charge on any atom is 0.123 e. The average molecular weight is 242 g/mol. The van der Waals surface area contributed by atoms with Crippen LogP contribution in [0.5, 0.6) is 0 Å². The van der Waals surface area contributed by atoms with Gasteiger partial charge in [-0.3, -0.25) is 0 Å². The van der Waals surface area contributed by atoms with Gasteiger partial charge in [0, 0.05) is 19.1 Å². The zero-order valence-corrected chi connectivity index (χ0v) is 11.0. The van der Waals surface area contributed by atoms with E-state index in [9.17, 15) is 5.11 Å². The molecule has 1 aromatic rings. The fourth-order valence-corrected chi connectivity index (χ4v) is 1.39. The summed E-state index contributed by atoms with van der Waals surface area (Å²) in [5.74, 6) is 8.52. The molecule has 1 aromatic carbocycles. The Hall–Kier alpha value is -1.74. The van der Waals surface area contributed by atoms with E-state index in [-0.39, 0.29) is 6.42 Å². The monoisotopic (exact) mass is 242 g/mol. The number of hydrogen-bond donors (Lipinski definition) is 1. The van der Waals surface area contributed by atoms with Crippen molar-refractivity contribution in [3.05, 3.63) is 35.4 Å². The Kier molecular flexibility index (Phi) is 4.98. The number of hydrogen-bond acceptors (Lipinski definition) is 2. The van der Waals surface area contributed by atoms with Crippen molar-refractivity contribution in [2.75, 3.05) is 7.11 Å². The Bertz CT molecular complexity index is 498. The van der Waals surface area contributed by atoms with Gasteiger partial charge in [-0.1, -0.05) is 30.0 Å². The zero-order valence-electron chi connectivity index (χ0n) is 11.0. The van der Waals surface area contributed by atoms with E-state index in [1.165, 1.54) is 0 Å². The van der Waals surface area contributed by atoms with Crippen LogP contribution in [0.3, 0.4) is 0 Å². The molecule has 0 amide bonds. The minimum absolute atomic E-state index is 0.284. The smallest absolute Gasteiger partial charge is 0.123 e. The van der Waals surface area contributed by atoms with Crippen molar-refractivity contribution in [1.82, 2.24) is 0 Å². The SMILES string of the molecule is C#CCC(O)c1ccccc1C#CC(C)(C)OC. The van der Waals surface area contributed by atoms with Gasteiger partial charge in [0.1, 0.15) is 5.60 Å². The third kappa shape index (κ3) is 3.93. The van der Waals surface area contributed by atoms with Gasteiger partial charge in [-0.25, -0.2) is 0 Å². The first-order valence-corrected chi connectivity index (χ1v) is 5.79. The molecule has 0 fully saturated rings. The molecule has 1 N–H and O–H groups in total. The highest BCUT2D eigenvalue weighted by Gasteiger charge is 2.13. The summed E-state index contributed by atoms with van der Waals surface area (Å²) in [5, 5.41) is 9.95. The van der Waals surface area contributed by atoms with Crippen LogP contribution < -0.4 is 0 Å². The van der Waals surface area contributed by atoms with Crippen LogP contribution in [-0.4, -0.2) is 17.8 Å². The lowest BCUT2D eigenvalue weighted by Gasteiger charge is -2.15. The van der Waals surface area contributed by atoms with E-state index in [1.54, 1.807) is 7.11 Å².